The van der Waals surface area contributed by atoms with Crippen molar-refractivity contribution in [2.24, 2.45) is 5.92 Å². The van der Waals surface area contributed by atoms with Crippen LogP contribution in [0.3, 0.4) is 0 Å². The van der Waals surface area contributed by atoms with Gasteiger partial charge in [-0.1, -0.05) is 20.3 Å². The van der Waals surface area contributed by atoms with Gasteiger partial charge in [-0.15, -0.1) is 0 Å². The summed E-state index contributed by atoms with van der Waals surface area (Å²) in [4.78, 5) is 4.52. The van der Waals surface area contributed by atoms with Gasteiger partial charge in [-0.05, 0) is 50.8 Å². The number of nitrogens with zero attached hydrogens (tertiary/aromatic N) is 1. The van der Waals surface area contributed by atoms with E-state index < -0.39 is 0 Å². The van der Waals surface area contributed by atoms with Crippen molar-refractivity contribution >= 4 is 0 Å². The van der Waals surface area contributed by atoms with Gasteiger partial charge in [0.25, 0.3) is 0 Å². The predicted molar refractivity (Wildman–Crippen MR) is 78.4 cm³/mol. The summed E-state index contributed by atoms with van der Waals surface area (Å²) in [5, 5.41) is 3.27. The van der Waals surface area contributed by atoms with Gasteiger partial charge in [-0.2, -0.15) is 0 Å². The van der Waals surface area contributed by atoms with Crippen LogP contribution >= 0.6 is 0 Å². The van der Waals surface area contributed by atoms with Gasteiger partial charge in [-0.3, -0.25) is 4.98 Å². The molecule has 0 radical (unpaired) electrons. The summed E-state index contributed by atoms with van der Waals surface area (Å²) < 4.78 is 6.04. The standard InChI is InChI=1S/C16H26N2O/c1-4-15(17-3)16-9-8-14(11-18-16)19-13-7-5-6-12(2)10-13/h8-9,11-13,15,17H,4-7,10H2,1-3H3. The molecular weight excluding hydrogens is 236 g/mol. The van der Waals surface area contributed by atoms with E-state index >= 15 is 0 Å². The summed E-state index contributed by atoms with van der Waals surface area (Å²) in [6.07, 6.45) is 8.28. The van der Waals surface area contributed by atoms with Crippen molar-refractivity contribution in [1.82, 2.24) is 10.3 Å². The average molecular weight is 262 g/mol. The van der Waals surface area contributed by atoms with Crippen LogP contribution in [0, 0.1) is 5.92 Å². The van der Waals surface area contributed by atoms with E-state index in [1.807, 2.05) is 13.2 Å². The molecule has 3 nitrogen and oxygen atoms in total. The Kier molecular flexibility index (Phi) is 5.20. The maximum Gasteiger partial charge on any atom is 0.138 e. The minimum Gasteiger partial charge on any atom is -0.489 e. The zero-order valence-electron chi connectivity index (χ0n) is 12.4. The molecule has 0 aromatic carbocycles. The van der Waals surface area contributed by atoms with Crippen LogP contribution in [0.5, 0.6) is 5.75 Å². The minimum absolute atomic E-state index is 0.337. The van der Waals surface area contributed by atoms with Crippen molar-refractivity contribution in [2.75, 3.05) is 7.05 Å². The van der Waals surface area contributed by atoms with Crippen LogP contribution in [-0.4, -0.2) is 18.1 Å². The molecule has 1 fully saturated rings. The molecule has 1 aromatic rings. The van der Waals surface area contributed by atoms with Crippen LogP contribution in [0.2, 0.25) is 0 Å². The van der Waals surface area contributed by atoms with E-state index in [0.29, 0.717) is 12.1 Å². The lowest BCUT2D eigenvalue weighted by Gasteiger charge is -2.27. The number of nitrogens with one attached hydrogen (secondary N) is 1. The fourth-order valence-electron chi connectivity index (χ4n) is 2.91. The monoisotopic (exact) mass is 262 g/mol. The number of rotatable bonds is 5. The van der Waals surface area contributed by atoms with Gasteiger partial charge in [0.05, 0.1) is 18.0 Å². The lowest BCUT2D eigenvalue weighted by molar-refractivity contribution is 0.128. The van der Waals surface area contributed by atoms with Gasteiger partial charge < -0.3 is 10.1 Å². The molecule has 3 atom stereocenters. The Morgan fingerprint density at radius 2 is 2.26 bits per heavy atom. The minimum atomic E-state index is 0.337. The van der Waals surface area contributed by atoms with Crippen molar-refractivity contribution in [2.45, 2.75) is 58.1 Å². The van der Waals surface area contributed by atoms with Crippen LogP contribution < -0.4 is 10.1 Å². The van der Waals surface area contributed by atoms with Crippen LogP contribution in [-0.2, 0) is 0 Å². The van der Waals surface area contributed by atoms with E-state index in [9.17, 15) is 0 Å². The van der Waals surface area contributed by atoms with Gasteiger partial charge in [0, 0.05) is 6.04 Å². The molecule has 1 heterocycles. The number of ether oxygens (including phenoxy) is 1. The largest absolute Gasteiger partial charge is 0.489 e. The summed E-state index contributed by atoms with van der Waals surface area (Å²) in [6, 6.07) is 4.47. The van der Waals surface area contributed by atoms with E-state index in [2.05, 4.69) is 36.3 Å². The fourth-order valence-corrected chi connectivity index (χ4v) is 2.91. The van der Waals surface area contributed by atoms with Crippen molar-refractivity contribution in [3.8, 4) is 5.75 Å². The lowest BCUT2D eigenvalue weighted by atomic mass is 9.89. The number of aromatic nitrogens is 1. The van der Waals surface area contributed by atoms with Gasteiger partial charge in [0.2, 0.25) is 0 Å². The molecule has 106 valence electrons. The van der Waals surface area contributed by atoms with Crippen LogP contribution in [0.1, 0.15) is 57.7 Å². The molecular formula is C16H26N2O. The number of hydrogen-bond acceptors (Lipinski definition) is 3. The Balaban J connectivity index is 1.94. The van der Waals surface area contributed by atoms with E-state index in [0.717, 1.165) is 23.8 Å². The third-order valence-electron chi connectivity index (χ3n) is 4.06. The summed E-state index contributed by atoms with van der Waals surface area (Å²) >= 11 is 0. The molecule has 0 spiro atoms. The molecule has 0 saturated heterocycles. The highest BCUT2D eigenvalue weighted by Gasteiger charge is 2.20. The third-order valence-corrected chi connectivity index (χ3v) is 4.06. The molecule has 2 rings (SSSR count). The van der Waals surface area contributed by atoms with Crippen molar-refractivity contribution < 1.29 is 4.74 Å². The third kappa shape index (κ3) is 3.93. The van der Waals surface area contributed by atoms with Crippen LogP contribution in [0.15, 0.2) is 18.3 Å². The molecule has 3 heteroatoms. The first-order chi connectivity index (χ1) is 9.22. The first-order valence-electron chi connectivity index (χ1n) is 7.52. The molecule has 1 N–H and O–H groups in total. The lowest BCUT2D eigenvalue weighted by Crippen LogP contribution is -2.24. The second-order valence-electron chi connectivity index (χ2n) is 5.68. The topological polar surface area (TPSA) is 34.1 Å². The summed E-state index contributed by atoms with van der Waals surface area (Å²) in [7, 11) is 1.98. The SMILES string of the molecule is CCC(NC)c1ccc(OC2CCCC(C)C2)cn1. The van der Waals surface area contributed by atoms with E-state index in [1.54, 1.807) is 0 Å². The average Bonchev–Trinajstić information content (AvgIpc) is 2.42. The van der Waals surface area contributed by atoms with Gasteiger partial charge >= 0.3 is 0 Å². The molecule has 1 aliphatic rings. The van der Waals surface area contributed by atoms with Crippen LogP contribution in [0.4, 0.5) is 0 Å². The smallest absolute Gasteiger partial charge is 0.138 e. The Bertz CT molecular complexity index is 373. The second-order valence-corrected chi connectivity index (χ2v) is 5.68. The van der Waals surface area contributed by atoms with Gasteiger partial charge in [0.1, 0.15) is 5.75 Å². The highest BCUT2D eigenvalue weighted by molar-refractivity contribution is 5.21. The molecule has 0 amide bonds. The first-order valence-corrected chi connectivity index (χ1v) is 7.52. The summed E-state index contributed by atoms with van der Waals surface area (Å²) in [6.45, 7) is 4.48. The molecule has 1 aromatic heterocycles. The molecule has 0 aliphatic heterocycles. The highest BCUT2D eigenvalue weighted by Crippen LogP contribution is 2.27. The second kappa shape index (κ2) is 6.90. The highest BCUT2D eigenvalue weighted by atomic mass is 16.5. The quantitative estimate of drug-likeness (QED) is 0.878. The Morgan fingerprint density at radius 1 is 1.42 bits per heavy atom. The Labute approximate surface area is 116 Å². The normalized spacial score (nSPS) is 25.0. The molecule has 1 aliphatic carbocycles. The van der Waals surface area contributed by atoms with Gasteiger partial charge in [0.15, 0.2) is 0 Å². The number of pyridine rings is 1. The van der Waals surface area contributed by atoms with Crippen molar-refractivity contribution in [1.29, 1.82) is 0 Å². The molecule has 1 saturated carbocycles. The van der Waals surface area contributed by atoms with Crippen molar-refractivity contribution in [3.63, 3.8) is 0 Å². The zero-order chi connectivity index (χ0) is 13.7. The van der Waals surface area contributed by atoms with Crippen molar-refractivity contribution in [3.05, 3.63) is 24.0 Å². The molecule has 19 heavy (non-hydrogen) atoms. The summed E-state index contributed by atoms with van der Waals surface area (Å²) in [5.74, 6) is 1.70. The van der Waals surface area contributed by atoms with E-state index in [-0.39, 0.29) is 0 Å². The Hall–Kier alpha value is -1.09. The van der Waals surface area contributed by atoms with E-state index in [4.69, 9.17) is 4.74 Å². The predicted octanol–water partition coefficient (Wildman–Crippen LogP) is 3.71. The maximum atomic E-state index is 6.04. The maximum absolute atomic E-state index is 6.04. The van der Waals surface area contributed by atoms with E-state index in [1.165, 1.54) is 25.7 Å². The number of hydrogen-bond donors (Lipinski definition) is 1. The zero-order valence-corrected chi connectivity index (χ0v) is 12.4. The van der Waals surface area contributed by atoms with Gasteiger partial charge in [-0.25, -0.2) is 0 Å². The molecule has 3 unspecified atom stereocenters. The fraction of sp³-hybridized carbons (Fsp3) is 0.688. The summed E-state index contributed by atoms with van der Waals surface area (Å²) in [5.41, 5.74) is 1.09. The Morgan fingerprint density at radius 3 is 2.84 bits per heavy atom. The first kappa shape index (κ1) is 14.3. The molecule has 0 bridgehead atoms. The van der Waals surface area contributed by atoms with Crippen LogP contribution in [0.25, 0.3) is 0 Å².